The van der Waals surface area contributed by atoms with Crippen molar-refractivity contribution in [1.82, 2.24) is 15.5 Å². The summed E-state index contributed by atoms with van der Waals surface area (Å²) in [5.41, 5.74) is 3.26. The molecule has 1 saturated heterocycles. The molecular weight excluding hydrogens is 428 g/mol. The summed E-state index contributed by atoms with van der Waals surface area (Å²) < 4.78 is 11.2. The molecule has 0 aliphatic carbocycles. The van der Waals surface area contributed by atoms with Crippen molar-refractivity contribution in [3.05, 3.63) is 64.9 Å². The fourth-order valence-electron chi connectivity index (χ4n) is 4.13. The van der Waals surface area contributed by atoms with Gasteiger partial charge in [-0.05, 0) is 43.9 Å². The van der Waals surface area contributed by atoms with Gasteiger partial charge in [-0.2, -0.15) is 4.98 Å². The van der Waals surface area contributed by atoms with E-state index in [0.29, 0.717) is 46.1 Å². The van der Waals surface area contributed by atoms with E-state index in [-0.39, 0.29) is 5.91 Å². The van der Waals surface area contributed by atoms with Crippen LogP contribution in [0.3, 0.4) is 0 Å². The number of hydrogen-bond acceptors (Lipinski definition) is 6. The summed E-state index contributed by atoms with van der Waals surface area (Å²) in [6.45, 7) is 4.00. The second-order valence-electron chi connectivity index (χ2n) is 8.05. The first-order valence-electron chi connectivity index (χ1n) is 10.7. The standard InChI is InChI=1S/C24H23ClN4O3/c1-15-21(22(28-32-15)17-6-2-3-7-18(17)25)23(30)26-14-16-10-12-29(13-11-16)24-27-19-8-4-5-9-20(19)31-24/h2-9,16H,10-14H2,1H3,(H,26,30). The minimum Gasteiger partial charge on any atom is -0.423 e. The number of aromatic nitrogens is 2. The normalized spacial score (nSPS) is 14.8. The number of nitrogens with one attached hydrogen (secondary N) is 1. The van der Waals surface area contributed by atoms with Crippen molar-refractivity contribution >= 4 is 34.6 Å². The van der Waals surface area contributed by atoms with Crippen LogP contribution in [0.1, 0.15) is 29.0 Å². The summed E-state index contributed by atoms with van der Waals surface area (Å²) in [5.74, 6) is 0.659. The van der Waals surface area contributed by atoms with Crippen molar-refractivity contribution in [3.8, 4) is 11.3 Å². The maximum Gasteiger partial charge on any atom is 0.298 e. The zero-order valence-corrected chi connectivity index (χ0v) is 18.4. The third kappa shape index (κ3) is 3.96. The summed E-state index contributed by atoms with van der Waals surface area (Å²) in [7, 11) is 0. The van der Waals surface area contributed by atoms with E-state index in [1.165, 1.54) is 0 Å². The Bertz CT molecular complexity index is 1220. The molecule has 2 aromatic carbocycles. The Kier molecular flexibility index (Phi) is 5.57. The summed E-state index contributed by atoms with van der Waals surface area (Å²) in [6.07, 6.45) is 1.89. The maximum absolute atomic E-state index is 13.0. The van der Waals surface area contributed by atoms with Gasteiger partial charge in [-0.1, -0.05) is 47.1 Å². The van der Waals surface area contributed by atoms with Crippen LogP contribution in [0.5, 0.6) is 0 Å². The molecule has 1 fully saturated rings. The van der Waals surface area contributed by atoms with E-state index < -0.39 is 0 Å². The smallest absolute Gasteiger partial charge is 0.298 e. The van der Waals surface area contributed by atoms with Crippen LogP contribution in [-0.2, 0) is 0 Å². The number of aryl methyl sites for hydroxylation is 1. The molecule has 4 aromatic rings. The maximum atomic E-state index is 13.0. The Morgan fingerprint density at radius 3 is 2.69 bits per heavy atom. The van der Waals surface area contributed by atoms with E-state index >= 15 is 0 Å². The number of benzene rings is 2. The van der Waals surface area contributed by atoms with Gasteiger partial charge in [-0.3, -0.25) is 4.79 Å². The number of carbonyl (C=O) groups is 1. The molecule has 1 aliphatic rings. The van der Waals surface area contributed by atoms with Crippen LogP contribution in [0.4, 0.5) is 6.01 Å². The van der Waals surface area contributed by atoms with Gasteiger partial charge >= 0.3 is 0 Å². The van der Waals surface area contributed by atoms with Gasteiger partial charge in [0.25, 0.3) is 11.9 Å². The summed E-state index contributed by atoms with van der Waals surface area (Å²) in [4.78, 5) is 19.7. The van der Waals surface area contributed by atoms with Crippen molar-refractivity contribution in [1.29, 1.82) is 0 Å². The van der Waals surface area contributed by atoms with Crippen molar-refractivity contribution in [2.24, 2.45) is 5.92 Å². The molecule has 2 aromatic heterocycles. The summed E-state index contributed by atoms with van der Waals surface area (Å²) >= 11 is 6.30. The van der Waals surface area contributed by atoms with Gasteiger partial charge in [0, 0.05) is 25.2 Å². The molecule has 164 valence electrons. The minimum atomic E-state index is -0.194. The quantitative estimate of drug-likeness (QED) is 0.456. The number of para-hydroxylation sites is 2. The lowest BCUT2D eigenvalue weighted by atomic mass is 9.96. The summed E-state index contributed by atoms with van der Waals surface area (Å²) in [5, 5.41) is 7.67. The highest BCUT2D eigenvalue weighted by Gasteiger charge is 2.26. The molecule has 32 heavy (non-hydrogen) atoms. The van der Waals surface area contributed by atoms with Gasteiger partial charge in [0.1, 0.15) is 22.5 Å². The van der Waals surface area contributed by atoms with Gasteiger partial charge in [-0.25, -0.2) is 0 Å². The Hall–Kier alpha value is -3.32. The Labute approximate surface area is 190 Å². The topological polar surface area (TPSA) is 84.4 Å². The van der Waals surface area contributed by atoms with E-state index in [1.807, 2.05) is 42.5 Å². The van der Waals surface area contributed by atoms with Gasteiger partial charge in [0.15, 0.2) is 5.58 Å². The largest absolute Gasteiger partial charge is 0.423 e. The molecule has 0 saturated carbocycles. The van der Waals surface area contributed by atoms with Crippen LogP contribution >= 0.6 is 11.6 Å². The molecule has 0 spiro atoms. The van der Waals surface area contributed by atoms with Gasteiger partial charge < -0.3 is 19.2 Å². The first-order valence-corrected chi connectivity index (χ1v) is 11.1. The average molecular weight is 451 g/mol. The number of hydrogen-bond donors (Lipinski definition) is 1. The Morgan fingerprint density at radius 2 is 1.91 bits per heavy atom. The highest BCUT2D eigenvalue weighted by atomic mass is 35.5. The number of halogens is 1. The zero-order valence-electron chi connectivity index (χ0n) is 17.7. The Balaban J connectivity index is 1.21. The molecule has 0 bridgehead atoms. The second kappa shape index (κ2) is 8.67. The molecule has 0 atom stereocenters. The predicted molar refractivity (Wildman–Crippen MR) is 123 cm³/mol. The number of amides is 1. The monoisotopic (exact) mass is 450 g/mol. The molecule has 1 aliphatic heterocycles. The fourth-order valence-corrected chi connectivity index (χ4v) is 4.35. The molecule has 1 amide bonds. The van der Waals surface area contributed by atoms with Crippen LogP contribution in [0.2, 0.25) is 5.02 Å². The fraction of sp³-hybridized carbons (Fsp3) is 0.292. The first kappa shape index (κ1) is 20.6. The first-order chi connectivity index (χ1) is 15.6. The number of piperidine rings is 1. The average Bonchev–Trinajstić information content (AvgIpc) is 3.42. The predicted octanol–water partition coefficient (Wildman–Crippen LogP) is 5.09. The molecule has 7 nitrogen and oxygen atoms in total. The molecule has 3 heterocycles. The molecule has 5 rings (SSSR count). The van der Waals surface area contributed by atoms with E-state index in [9.17, 15) is 4.79 Å². The molecule has 0 radical (unpaired) electrons. The molecule has 1 N–H and O–H groups in total. The SMILES string of the molecule is Cc1onc(-c2ccccc2Cl)c1C(=O)NCC1CCN(c2nc3ccccc3o2)CC1. The van der Waals surface area contributed by atoms with Crippen LogP contribution in [0, 0.1) is 12.8 Å². The van der Waals surface area contributed by atoms with Gasteiger partial charge in [0.2, 0.25) is 0 Å². The highest BCUT2D eigenvalue weighted by Crippen LogP contribution is 2.31. The van der Waals surface area contributed by atoms with E-state index in [4.69, 9.17) is 20.5 Å². The van der Waals surface area contributed by atoms with Crippen LogP contribution in [0.15, 0.2) is 57.5 Å². The molecule has 0 unspecified atom stereocenters. The van der Waals surface area contributed by atoms with Crippen LogP contribution < -0.4 is 10.2 Å². The number of rotatable bonds is 5. The van der Waals surface area contributed by atoms with Crippen molar-refractivity contribution in [3.63, 3.8) is 0 Å². The zero-order chi connectivity index (χ0) is 22.1. The third-order valence-corrected chi connectivity index (χ3v) is 6.27. The van der Waals surface area contributed by atoms with Gasteiger partial charge in [0.05, 0.1) is 5.02 Å². The van der Waals surface area contributed by atoms with Crippen molar-refractivity contribution < 1.29 is 13.7 Å². The van der Waals surface area contributed by atoms with E-state index in [2.05, 4.69) is 20.4 Å². The van der Waals surface area contributed by atoms with Gasteiger partial charge in [-0.15, -0.1) is 0 Å². The minimum absolute atomic E-state index is 0.194. The lowest BCUT2D eigenvalue weighted by Gasteiger charge is -2.30. The van der Waals surface area contributed by atoms with Crippen LogP contribution in [-0.4, -0.2) is 35.7 Å². The lowest BCUT2D eigenvalue weighted by Crippen LogP contribution is -2.39. The van der Waals surface area contributed by atoms with Crippen molar-refractivity contribution in [2.45, 2.75) is 19.8 Å². The number of oxazole rings is 1. The number of anilines is 1. The number of fused-ring (bicyclic) bond motifs is 1. The highest BCUT2D eigenvalue weighted by molar-refractivity contribution is 6.33. The summed E-state index contributed by atoms with van der Waals surface area (Å²) in [6, 6.07) is 15.7. The second-order valence-corrected chi connectivity index (χ2v) is 8.45. The van der Waals surface area contributed by atoms with E-state index in [0.717, 1.165) is 37.0 Å². The third-order valence-electron chi connectivity index (χ3n) is 5.94. The Morgan fingerprint density at radius 1 is 1.16 bits per heavy atom. The lowest BCUT2D eigenvalue weighted by molar-refractivity contribution is 0.0944. The van der Waals surface area contributed by atoms with Crippen LogP contribution in [0.25, 0.3) is 22.4 Å². The molecule has 8 heteroatoms. The van der Waals surface area contributed by atoms with Crippen molar-refractivity contribution in [2.75, 3.05) is 24.5 Å². The number of nitrogens with zero attached hydrogens (tertiary/aromatic N) is 3. The molecular formula is C24H23ClN4O3. The number of carbonyl (C=O) groups excluding carboxylic acids is 1. The van der Waals surface area contributed by atoms with E-state index in [1.54, 1.807) is 13.0 Å².